The maximum Gasteiger partial charge on any atom is 0.238 e. The average molecular weight is 435 g/mol. The van der Waals surface area contributed by atoms with Gasteiger partial charge in [-0.2, -0.15) is 0 Å². The largest absolute Gasteiger partial charge is 0.314 e. The predicted octanol–water partition coefficient (Wildman–Crippen LogP) is 4.83. The van der Waals surface area contributed by atoms with Crippen molar-refractivity contribution in [1.29, 1.82) is 0 Å². The third-order valence-electron chi connectivity index (χ3n) is 4.07. The Morgan fingerprint density at radius 3 is 2.65 bits per heavy atom. The minimum atomic E-state index is 0.0162. The molecule has 0 spiro atoms. The van der Waals surface area contributed by atoms with E-state index in [0.29, 0.717) is 12.5 Å². The first-order chi connectivity index (χ1) is 11.1. The van der Waals surface area contributed by atoms with Crippen molar-refractivity contribution in [2.45, 2.75) is 24.5 Å². The topological polar surface area (TPSA) is 20.3 Å². The Kier molecular flexibility index (Phi) is 5.17. The van der Waals surface area contributed by atoms with Gasteiger partial charge in [0.15, 0.2) is 0 Å². The molecule has 3 rings (SSSR count). The molecule has 1 fully saturated rings. The van der Waals surface area contributed by atoms with E-state index in [1.807, 2.05) is 33.6 Å². The summed E-state index contributed by atoms with van der Waals surface area (Å²) >= 11 is 3.78. The van der Waals surface area contributed by atoms with Crippen molar-refractivity contribution in [3.05, 3.63) is 48.0 Å². The Hall–Kier alpha value is -1.19. The molecule has 1 amide bonds. The van der Waals surface area contributed by atoms with Gasteiger partial charge in [0.1, 0.15) is 5.37 Å². The third-order valence-corrected chi connectivity index (χ3v) is 6.27. The summed E-state index contributed by atoms with van der Waals surface area (Å²) in [6.07, 6.45) is 0. The Bertz CT molecular complexity index is 793. The van der Waals surface area contributed by atoms with E-state index < -0.39 is 0 Å². The molecule has 23 heavy (non-hydrogen) atoms. The summed E-state index contributed by atoms with van der Waals surface area (Å²) in [5.74, 6) is 3.58. The second-order valence-corrected chi connectivity index (χ2v) is 7.76. The van der Waals surface area contributed by atoms with E-state index in [4.69, 9.17) is 0 Å². The summed E-state index contributed by atoms with van der Waals surface area (Å²) in [5, 5.41) is 2.51. The lowest BCUT2D eigenvalue weighted by molar-refractivity contribution is -0.130. The van der Waals surface area contributed by atoms with Crippen molar-refractivity contribution < 1.29 is 4.79 Å². The summed E-state index contributed by atoms with van der Waals surface area (Å²) in [6, 6.07) is 14.8. The van der Waals surface area contributed by atoms with Crippen LogP contribution in [0.5, 0.6) is 0 Å². The number of rotatable bonds is 3. The van der Waals surface area contributed by atoms with Crippen LogP contribution in [0.1, 0.15) is 24.8 Å². The number of nitrogens with zero attached hydrogens (tertiary/aromatic N) is 1. The van der Waals surface area contributed by atoms with E-state index in [1.54, 1.807) is 11.8 Å². The van der Waals surface area contributed by atoms with Crippen molar-refractivity contribution >= 4 is 51.0 Å². The van der Waals surface area contributed by atoms with Crippen LogP contribution in [0.25, 0.3) is 10.8 Å². The summed E-state index contributed by atoms with van der Waals surface area (Å²) in [7, 11) is 0. The first-order valence-corrected chi connectivity index (χ1v) is 9.67. The summed E-state index contributed by atoms with van der Waals surface area (Å²) in [6.45, 7) is 4.72. The van der Waals surface area contributed by atoms with Gasteiger partial charge in [0.05, 0.1) is 11.8 Å². The Morgan fingerprint density at radius 2 is 1.96 bits per heavy atom. The first kappa shape index (κ1) is 16.7. The van der Waals surface area contributed by atoms with E-state index in [2.05, 4.69) is 60.1 Å². The van der Waals surface area contributed by atoms with Crippen LogP contribution in [0.3, 0.4) is 0 Å². The van der Waals surface area contributed by atoms with Gasteiger partial charge in [-0.25, -0.2) is 0 Å². The number of amides is 1. The minimum Gasteiger partial charge on any atom is -0.314 e. The van der Waals surface area contributed by atoms with E-state index in [0.717, 1.165) is 0 Å². The van der Waals surface area contributed by atoms with Gasteiger partial charge in [0, 0.05) is 22.6 Å². The lowest BCUT2D eigenvalue weighted by Crippen LogP contribution is -2.33. The predicted molar refractivity (Wildman–Crippen MR) is 106 cm³/mol. The summed E-state index contributed by atoms with van der Waals surface area (Å²) in [4.78, 5) is 14.7. The highest BCUT2D eigenvalue weighted by Gasteiger charge is 2.41. The van der Waals surface area contributed by atoms with Crippen LogP contribution >= 0.6 is 34.4 Å². The Balaban J connectivity index is 1.98. The quantitative estimate of drug-likeness (QED) is 0.508. The molecule has 2 unspecified atom stereocenters. The van der Waals surface area contributed by atoms with Crippen LogP contribution in [0.2, 0.25) is 0 Å². The smallest absolute Gasteiger partial charge is 0.238 e. The van der Waals surface area contributed by atoms with Crippen LogP contribution in [-0.2, 0) is 4.79 Å². The standard InChI is InChI=1S/C19H18INOS/c1-13(2)17-18(22)21(11-5-10-20)19(23-17)16-9-8-14-6-3-4-7-15(14)12-16/h3-4,6-9,12-13,17,19H,11H2,1-2H3. The SMILES string of the molecule is CC(C)C1SC(c2ccc3ccccc3c2)N(CC#CI)C1=O. The second-order valence-electron chi connectivity index (χ2n) is 6.00. The molecular formula is C19H18INOS. The molecule has 2 aromatic carbocycles. The van der Waals surface area contributed by atoms with Crippen LogP contribution in [-0.4, -0.2) is 22.6 Å². The molecule has 0 N–H and O–H groups in total. The summed E-state index contributed by atoms with van der Waals surface area (Å²) in [5.41, 5.74) is 1.18. The van der Waals surface area contributed by atoms with Crippen molar-refractivity contribution in [2.75, 3.05) is 6.54 Å². The molecule has 1 aliphatic heterocycles. The highest BCUT2D eigenvalue weighted by molar-refractivity contribution is 14.1. The summed E-state index contributed by atoms with van der Waals surface area (Å²) < 4.78 is 2.88. The lowest BCUT2D eigenvalue weighted by atomic mass is 10.1. The molecule has 1 saturated heterocycles. The number of fused-ring (bicyclic) bond motifs is 1. The molecule has 2 aromatic rings. The maximum absolute atomic E-state index is 12.7. The maximum atomic E-state index is 12.7. The third kappa shape index (κ3) is 3.36. The van der Waals surface area contributed by atoms with Gasteiger partial charge in [0.25, 0.3) is 0 Å². The van der Waals surface area contributed by atoms with Crippen molar-refractivity contribution in [2.24, 2.45) is 5.92 Å². The van der Waals surface area contributed by atoms with Gasteiger partial charge in [-0.3, -0.25) is 4.79 Å². The Morgan fingerprint density at radius 1 is 1.22 bits per heavy atom. The molecule has 1 aliphatic rings. The molecule has 118 valence electrons. The molecule has 0 saturated carbocycles. The molecule has 0 aliphatic carbocycles. The molecule has 4 heteroatoms. The fourth-order valence-corrected chi connectivity index (χ4v) is 4.53. The monoisotopic (exact) mass is 435 g/mol. The van der Waals surface area contributed by atoms with E-state index in [1.165, 1.54) is 16.3 Å². The fourth-order valence-electron chi connectivity index (χ4n) is 2.89. The Labute approximate surface area is 155 Å². The van der Waals surface area contributed by atoms with Gasteiger partial charge in [0.2, 0.25) is 5.91 Å². The number of carbonyl (C=O) groups excluding carboxylic acids is 1. The number of thioether (sulfide) groups is 1. The van der Waals surface area contributed by atoms with Gasteiger partial charge >= 0.3 is 0 Å². The number of hydrogen-bond donors (Lipinski definition) is 0. The number of halogens is 1. The van der Waals surface area contributed by atoms with E-state index in [9.17, 15) is 4.79 Å². The normalized spacial score (nSPS) is 20.9. The molecular weight excluding hydrogens is 417 g/mol. The van der Waals surface area contributed by atoms with Crippen molar-refractivity contribution in [3.8, 4) is 9.85 Å². The van der Waals surface area contributed by atoms with Crippen LogP contribution < -0.4 is 0 Å². The highest BCUT2D eigenvalue weighted by atomic mass is 127. The van der Waals surface area contributed by atoms with Crippen molar-refractivity contribution in [3.63, 3.8) is 0 Å². The van der Waals surface area contributed by atoms with Gasteiger partial charge in [-0.1, -0.05) is 56.2 Å². The van der Waals surface area contributed by atoms with Gasteiger partial charge < -0.3 is 4.90 Å². The fraction of sp³-hybridized carbons (Fsp3) is 0.316. The first-order valence-electron chi connectivity index (χ1n) is 7.65. The number of benzene rings is 2. The zero-order chi connectivity index (χ0) is 16.4. The van der Waals surface area contributed by atoms with Crippen LogP contribution in [0, 0.1) is 15.8 Å². The minimum absolute atomic E-state index is 0.0162. The van der Waals surface area contributed by atoms with Crippen LogP contribution in [0.4, 0.5) is 0 Å². The van der Waals surface area contributed by atoms with Crippen LogP contribution in [0.15, 0.2) is 42.5 Å². The molecule has 2 atom stereocenters. The van der Waals surface area contributed by atoms with Crippen molar-refractivity contribution in [1.82, 2.24) is 4.90 Å². The van der Waals surface area contributed by atoms with Gasteiger partial charge in [-0.05, 0) is 32.2 Å². The van der Waals surface area contributed by atoms with E-state index >= 15 is 0 Å². The molecule has 0 aromatic heterocycles. The molecule has 0 radical (unpaired) electrons. The second kappa shape index (κ2) is 7.14. The lowest BCUT2D eigenvalue weighted by Gasteiger charge is -2.22. The van der Waals surface area contributed by atoms with Gasteiger partial charge in [-0.15, -0.1) is 11.8 Å². The molecule has 2 nitrogen and oxygen atoms in total. The average Bonchev–Trinajstić information content (AvgIpc) is 2.89. The zero-order valence-electron chi connectivity index (χ0n) is 13.1. The highest BCUT2D eigenvalue weighted by Crippen LogP contribution is 2.45. The molecule has 0 bridgehead atoms. The zero-order valence-corrected chi connectivity index (χ0v) is 16.1. The van der Waals surface area contributed by atoms with E-state index in [-0.39, 0.29) is 16.5 Å². The number of carbonyl (C=O) groups is 1. The number of hydrogen-bond acceptors (Lipinski definition) is 2. The molecule has 1 heterocycles.